The summed E-state index contributed by atoms with van der Waals surface area (Å²) in [5.41, 5.74) is 0. The lowest BCUT2D eigenvalue weighted by molar-refractivity contribution is 1.26. The Morgan fingerprint density at radius 2 is 2.67 bits per heavy atom. The highest BCUT2D eigenvalue weighted by molar-refractivity contribution is 8.03. The van der Waals surface area contributed by atoms with E-state index in [1.54, 1.807) is 0 Å². The van der Waals surface area contributed by atoms with Gasteiger partial charge in [0.15, 0.2) is 0 Å². The maximum Gasteiger partial charge on any atom is 0.00200 e. The Kier molecular flexibility index (Phi) is 1.48. The second-order valence-corrected chi connectivity index (χ2v) is 2.78. The zero-order valence-electron chi connectivity index (χ0n) is 3.35. The van der Waals surface area contributed by atoms with Crippen LogP contribution in [0, 0.1) is 0 Å². The minimum absolute atomic E-state index is 1.17. The lowest BCUT2D eigenvalue weighted by atomic mass is 10.5. The monoisotopic (exact) mass is 118 g/mol. The lowest BCUT2D eigenvalue weighted by Crippen LogP contribution is -1.63. The van der Waals surface area contributed by atoms with Crippen LogP contribution < -0.4 is 0 Å². The van der Waals surface area contributed by atoms with Crippen molar-refractivity contribution >= 4 is 24.4 Å². The number of thioether (sulfide) groups is 1. The summed E-state index contributed by atoms with van der Waals surface area (Å²) >= 11 is 5.98. The van der Waals surface area contributed by atoms with E-state index >= 15 is 0 Å². The van der Waals surface area contributed by atoms with E-state index in [4.69, 9.17) is 0 Å². The summed E-state index contributed by atoms with van der Waals surface area (Å²) in [5, 5.41) is 2.10. The van der Waals surface area contributed by atoms with Crippen LogP contribution >= 0.6 is 24.4 Å². The molecule has 0 radical (unpaired) electrons. The van der Waals surface area contributed by atoms with E-state index in [1.807, 2.05) is 11.8 Å². The molecule has 0 fully saturated rings. The van der Waals surface area contributed by atoms with E-state index in [2.05, 4.69) is 18.0 Å². The van der Waals surface area contributed by atoms with Crippen molar-refractivity contribution in [1.82, 2.24) is 0 Å². The van der Waals surface area contributed by atoms with Gasteiger partial charge in [-0.05, 0) is 16.7 Å². The van der Waals surface area contributed by atoms with Crippen molar-refractivity contribution in [2.24, 2.45) is 0 Å². The summed E-state index contributed by atoms with van der Waals surface area (Å²) in [5.74, 6) is 1.23. The van der Waals surface area contributed by atoms with Gasteiger partial charge in [-0.15, -0.1) is 24.4 Å². The molecule has 2 heteroatoms. The third-order valence-electron chi connectivity index (χ3n) is 0.695. The van der Waals surface area contributed by atoms with Crippen LogP contribution in [0.25, 0.3) is 0 Å². The zero-order chi connectivity index (χ0) is 4.41. The van der Waals surface area contributed by atoms with Gasteiger partial charge in [0.05, 0.1) is 0 Å². The van der Waals surface area contributed by atoms with E-state index in [0.29, 0.717) is 0 Å². The molecular formula is C4H6S2. The minimum atomic E-state index is 1.17. The molecule has 34 valence electrons. The van der Waals surface area contributed by atoms with Crippen LogP contribution in [0.3, 0.4) is 0 Å². The maximum absolute atomic E-state index is 4.13. The molecule has 0 saturated carbocycles. The summed E-state index contributed by atoms with van der Waals surface area (Å²) in [7, 11) is 0. The summed E-state index contributed by atoms with van der Waals surface area (Å²) in [4.78, 5) is 1.24. The molecule has 6 heavy (non-hydrogen) atoms. The molecule has 0 aromatic rings. The second kappa shape index (κ2) is 1.94. The smallest absolute Gasteiger partial charge is 0.00200 e. The van der Waals surface area contributed by atoms with Gasteiger partial charge in [-0.3, -0.25) is 0 Å². The van der Waals surface area contributed by atoms with Gasteiger partial charge in [-0.25, -0.2) is 0 Å². The Morgan fingerprint density at radius 3 is 2.83 bits per heavy atom. The fourth-order valence-electron chi connectivity index (χ4n) is 0.378. The number of thiol groups is 1. The topological polar surface area (TPSA) is 0 Å². The van der Waals surface area contributed by atoms with Gasteiger partial charge in [-0.2, -0.15) is 0 Å². The molecular weight excluding hydrogens is 112 g/mol. The average molecular weight is 118 g/mol. The summed E-state index contributed by atoms with van der Waals surface area (Å²) in [6.07, 6.45) is 1.17. The number of allylic oxidation sites excluding steroid dienone is 1. The minimum Gasteiger partial charge on any atom is -0.147 e. The standard InChI is InChI=1S/C4H6S2/c5-4-1-2-6-3-4/h3,5H,1-2H2. The van der Waals surface area contributed by atoms with Crippen LogP contribution in [0.1, 0.15) is 6.42 Å². The van der Waals surface area contributed by atoms with Gasteiger partial charge in [0.1, 0.15) is 0 Å². The molecule has 0 spiro atoms. The largest absolute Gasteiger partial charge is 0.147 e. The molecule has 0 nitrogen and oxygen atoms in total. The van der Waals surface area contributed by atoms with Gasteiger partial charge in [0.2, 0.25) is 0 Å². The molecule has 0 saturated heterocycles. The molecule has 1 heterocycles. The van der Waals surface area contributed by atoms with Crippen LogP contribution in [0.5, 0.6) is 0 Å². The summed E-state index contributed by atoms with van der Waals surface area (Å²) < 4.78 is 0. The predicted molar refractivity (Wildman–Crippen MR) is 34.1 cm³/mol. The highest BCUT2D eigenvalue weighted by atomic mass is 32.2. The summed E-state index contributed by atoms with van der Waals surface area (Å²) in [6, 6.07) is 0. The van der Waals surface area contributed by atoms with Crippen molar-refractivity contribution in [3.8, 4) is 0 Å². The predicted octanol–water partition coefficient (Wildman–Crippen LogP) is 1.89. The van der Waals surface area contributed by atoms with E-state index in [0.717, 1.165) is 0 Å². The molecule has 0 bridgehead atoms. The number of hydrogen-bond donors (Lipinski definition) is 1. The first-order valence-electron chi connectivity index (χ1n) is 1.89. The van der Waals surface area contributed by atoms with Gasteiger partial charge < -0.3 is 0 Å². The maximum atomic E-state index is 4.13. The highest BCUT2D eigenvalue weighted by Gasteiger charge is 1.96. The van der Waals surface area contributed by atoms with Crippen molar-refractivity contribution in [1.29, 1.82) is 0 Å². The first-order chi connectivity index (χ1) is 2.89. The van der Waals surface area contributed by atoms with Gasteiger partial charge in [0, 0.05) is 5.75 Å². The Labute approximate surface area is 47.4 Å². The van der Waals surface area contributed by atoms with E-state index in [9.17, 15) is 0 Å². The first kappa shape index (κ1) is 4.60. The Bertz CT molecular complexity index is 75.6. The van der Waals surface area contributed by atoms with Crippen LogP contribution in [0.15, 0.2) is 10.3 Å². The van der Waals surface area contributed by atoms with Crippen LogP contribution in [0.4, 0.5) is 0 Å². The Balaban J connectivity index is 2.45. The molecule has 0 aromatic heterocycles. The van der Waals surface area contributed by atoms with Crippen LogP contribution in [0.2, 0.25) is 0 Å². The molecule has 0 amide bonds. The van der Waals surface area contributed by atoms with Crippen molar-refractivity contribution in [3.63, 3.8) is 0 Å². The Hall–Kier alpha value is 0.440. The summed E-state index contributed by atoms with van der Waals surface area (Å²) in [6.45, 7) is 0. The van der Waals surface area contributed by atoms with Crippen LogP contribution in [-0.2, 0) is 0 Å². The van der Waals surface area contributed by atoms with E-state index in [-0.39, 0.29) is 0 Å². The fraction of sp³-hybridized carbons (Fsp3) is 0.500. The molecule has 0 atom stereocenters. The van der Waals surface area contributed by atoms with Gasteiger partial charge in [-0.1, -0.05) is 0 Å². The molecule has 0 aliphatic carbocycles. The quantitative estimate of drug-likeness (QED) is 0.474. The van der Waals surface area contributed by atoms with Crippen molar-refractivity contribution in [3.05, 3.63) is 10.3 Å². The number of rotatable bonds is 0. The van der Waals surface area contributed by atoms with Crippen molar-refractivity contribution in [2.45, 2.75) is 6.42 Å². The molecule has 0 unspecified atom stereocenters. The van der Waals surface area contributed by atoms with E-state index < -0.39 is 0 Å². The number of hydrogen-bond acceptors (Lipinski definition) is 2. The molecule has 0 aromatic carbocycles. The average Bonchev–Trinajstić information content (AvgIpc) is 1.86. The SMILES string of the molecule is SC1=CSCC1. The van der Waals surface area contributed by atoms with Crippen LogP contribution in [-0.4, -0.2) is 5.75 Å². The lowest BCUT2D eigenvalue weighted by Gasteiger charge is -1.77. The molecule has 1 aliphatic rings. The normalized spacial score (nSPS) is 21.2. The van der Waals surface area contributed by atoms with Crippen molar-refractivity contribution < 1.29 is 0 Å². The fourth-order valence-corrected chi connectivity index (χ4v) is 1.63. The molecule has 0 N–H and O–H groups in total. The van der Waals surface area contributed by atoms with Crippen molar-refractivity contribution in [2.75, 3.05) is 5.75 Å². The molecule has 1 aliphatic heterocycles. The van der Waals surface area contributed by atoms with Gasteiger partial charge in [0.25, 0.3) is 0 Å². The zero-order valence-corrected chi connectivity index (χ0v) is 5.06. The first-order valence-corrected chi connectivity index (χ1v) is 3.39. The molecule has 1 rings (SSSR count). The highest BCUT2D eigenvalue weighted by Crippen LogP contribution is 2.23. The third-order valence-corrected chi connectivity index (χ3v) is 2.11. The Morgan fingerprint density at radius 1 is 1.83 bits per heavy atom. The second-order valence-electron chi connectivity index (χ2n) is 1.23. The van der Waals surface area contributed by atoms with Gasteiger partial charge >= 0.3 is 0 Å². The van der Waals surface area contributed by atoms with E-state index in [1.165, 1.54) is 17.1 Å². The third kappa shape index (κ3) is 0.949.